The lowest BCUT2D eigenvalue weighted by atomic mass is 10.0. The van der Waals surface area contributed by atoms with Crippen molar-refractivity contribution in [2.45, 2.75) is 6.92 Å². The Balaban J connectivity index is 3.28. The van der Waals surface area contributed by atoms with Gasteiger partial charge in [-0.15, -0.1) is 11.6 Å². The van der Waals surface area contributed by atoms with Crippen molar-refractivity contribution in [3.8, 4) is 0 Å². The van der Waals surface area contributed by atoms with E-state index in [2.05, 4.69) is 0 Å². The van der Waals surface area contributed by atoms with Crippen LogP contribution in [0.25, 0.3) is 0 Å². The maximum Gasteiger partial charge on any atom is 0.180 e. The van der Waals surface area contributed by atoms with Crippen molar-refractivity contribution < 1.29 is 13.6 Å². The summed E-state index contributed by atoms with van der Waals surface area (Å²) in [4.78, 5) is 11.1. The number of aryl methyl sites for hydroxylation is 1. The summed E-state index contributed by atoms with van der Waals surface area (Å²) in [7, 11) is 0. The van der Waals surface area contributed by atoms with Crippen LogP contribution < -0.4 is 0 Å². The van der Waals surface area contributed by atoms with Crippen molar-refractivity contribution in [3.63, 3.8) is 0 Å². The van der Waals surface area contributed by atoms with E-state index in [1.54, 1.807) is 0 Å². The van der Waals surface area contributed by atoms with Crippen LogP contribution in [0, 0.1) is 18.6 Å². The van der Waals surface area contributed by atoms with Crippen LogP contribution in [0.1, 0.15) is 15.9 Å². The fraction of sp³-hybridized carbons (Fsp3) is 0.222. The molecule has 0 saturated heterocycles. The molecule has 0 fully saturated rings. The van der Waals surface area contributed by atoms with Gasteiger partial charge in [0.05, 0.1) is 11.4 Å². The number of Topliss-reactive ketones (excluding diaryl/α,β-unsaturated/α-hetero) is 1. The summed E-state index contributed by atoms with van der Waals surface area (Å²) in [6.07, 6.45) is 0. The molecule has 0 saturated carbocycles. The summed E-state index contributed by atoms with van der Waals surface area (Å²) < 4.78 is 25.6. The van der Waals surface area contributed by atoms with E-state index < -0.39 is 17.4 Å². The smallest absolute Gasteiger partial charge is 0.180 e. The van der Waals surface area contributed by atoms with Crippen LogP contribution >= 0.6 is 11.6 Å². The van der Waals surface area contributed by atoms with E-state index in [4.69, 9.17) is 11.6 Å². The lowest BCUT2D eigenvalue weighted by Crippen LogP contribution is -2.07. The van der Waals surface area contributed by atoms with Crippen molar-refractivity contribution in [1.82, 2.24) is 0 Å². The number of alkyl halides is 1. The Hall–Kier alpha value is -0.960. The van der Waals surface area contributed by atoms with Crippen molar-refractivity contribution in [2.75, 3.05) is 5.88 Å². The molecule has 0 spiro atoms. The zero-order valence-corrected chi connectivity index (χ0v) is 7.66. The zero-order chi connectivity index (χ0) is 10.0. The number of ketones is 1. The number of rotatable bonds is 2. The fourth-order valence-electron chi connectivity index (χ4n) is 1.12. The molecule has 70 valence electrons. The number of hydrogen-bond donors (Lipinski definition) is 0. The first-order valence-electron chi connectivity index (χ1n) is 3.61. The van der Waals surface area contributed by atoms with E-state index in [1.165, 1.54) is 6.92 Å². The predicted molar refractivity (Wildman–Crippen MR) is 46.1 cm³/mol. The first-order chi connectivity index (χ1) is 6.06. The highest BCUT2D eigenvalue weighted by Crippen LogP contribution is 2.16. The third-order valence-corrected chi connectivity index (χ3v) is 1.90. The largest absolute Gasteiger partial charge is 0.293 e. The molecule has 0 amide bonds. The van der Waals surface area contributed by atoms with Crippen LogP contribution in [-0.2, 0) is 0 Å². The number of halogens is 3. The van der Waals surface area contributed by atoms with Gasteiger partial charge in [0.15, 0.2) is 5.78 Å². The second kappa shape index (κ2) is 3.83. The SMILES string of the molecule is Cc1cc(F)cc(F)c1C(=O)CCl. The number of benzene rings is 1. The van der Waals surface area contributed by atoms with Gasteiger partial charge < -0.3 is 0 Å². The normalized spacial score (nSPS) is 10.2. The second-order valence-electron chi connectivity index (χ2n) is 2.64. The molecule has 1 rings (SSSR count). The average Bonchev–Trinajstić information content (AvgIpc) is 2.02. The van der Waals surface area contributed by atoms with Crippen LogP contribution in [-0.4, -0.2) is 11.7 Å². The maximum absolute atomic E-state index is 13.0. The minimum Gasteiger partial charge on any atom is -0.293 e. The van der Waals surface area contributed by atoms with E-state index in [-0.39, 0.29) is 17.0 Å². The van der Waals surface area contributed by atoms with E-state index in [0.29, 0.717) is 6.07 Å². The topological polar surface area (TPSA) is 17.1 Å². The highest BCUT2D eigenvalue weighted by atomic mass is 35.5. The molecule has 0 heterocycles. The Labute approximate surface area is 79.3 Å². The first-order valence-corrected chi connectivity index (χ1v) is 4.14. The summed E-state index contributed by atoms with van der Waals surface area (Å²) >= 11 is 5.26. The minimum absolute atomic E-state index is 0.128. The second-order valence-corrected chi connectivity index (χ2v) is 2.90. The van der Waals surface area contributed by atoms with Crippen molar-refractivity contribution in [2.24, 2.45) is 0 Å². The van der Waals surface area contributed by atoms with Gasteiger partial charge in [0.1, 0.15) is 11.6 Å². The molecule has 0 atom stereocenters. The molecule has 0 N–H and O–H groups in total. The molecule has 0 unspecified atom stereocenters. The molecule has 0 aliphatic heterocycles. The van der Waals surface area contributed by atoms with Gasteiger partial charge >= 0.3 is 0 Å². The first kappa shape index (κ1) is 10.1. The minimum atomic E-state index is -0.858. The molecule has 1 aromatic rings. The maximum atomic E-state index is 13.0. The molecule has 1 nitrogen and oxygen atoms in total. The van der Waals surface area contributed by atoms with Gasteiger partial charge in [-0.2, -0.15) is 0 Å². The van der Waals surface area contributed by atoms with Gasteiger partial charge in [-0.1, -0.05) is 0 Å². The van der Waals surface area contributed by atoms with E-state index in [9.17, 15) is 13.6 Å². The molecule has 13 heavy (non-hydrogen) atoms. The van der Waals surface area contributed by atoms with E-state index in [0.717, 1.165) is 6.07 Å². The van der Waals surface area contributed by atoms with Crippen LogP contribution in [0.4, 0.5) is 8.78 Å². The predicted octanol–water partition coefficient (Wildman–Crippen LogP) is 2.69. The summed E-state index contributed by atoms with van der Waals surface area (Å²) in [5.41, 5.74) is 0.138. The van der Waals surface area contributed by atoms with Gasteiger partial charge in [-0.05, 0) is 18.6 Å². The molecule has 0 bridgehead atoms. The molecule has 0 aliphatic rings. The third-order valence-electron chi connectivity index (χ3n) is 1.65. The van der Waals surface area contributed by atoms with Gasteiger partial charge in [0, 0.05) is 6.07 Å². The Morgan fingerprint density at radius 2 is 2.08 bits per heavy atom. The molecule has 1 aromatic carbocycles. The lowest BCUT2D eigenvalue weighted by Gasteiger charge is -2.03. The summed E-state index contributed by atoms with van der Waals surface area (Å²) in [5, 5.41) is 0. The third kappa shape index (κ3) is 2.04. The van der Waals surface area contributed by atoms with Gasteiger partial charge in [0.25, 0.3) is 0 Å². The molecule has 0 radical (unpaired) electrons. The number of carbonyl (C=O) groups is 1. The molecular weight excluding hydrogens is 198 g/mol. The van der Waals surface area contributed by atoms with Gasteiger partial charge in [-0.3, -0.25) is 4.79 Å². The van der Waals surface area contributed by atoms with Gasteiger partial charge in [-0.25, -0.2) is 8.78 Å². The van der Waals surface area contributed by atoms with Crippen molar-refractivity contribution in [3.05, 3.63) is 34.9 Å². The summed E-state index contributed by atoms with van der Waals surface area (Å²) in [6.45, 7) is 1.46. The van der Waals surface area contributed by atoms with E-state index >= 15 is 0 Å². The van der Waals surface area contributed by atoms with E-state index in [1.807, 2.05) is 0 Å². The molecule has 0 aliphatic carbocycles. The van der Waals surface area contributed by atoms with Crippen LogP contribution in [0.2, 0.25) is 0 Å². The Bertz CT molecular complexity index is 326. The highest BCUT2D eigenvalue weighted by molar-refractivity contribution is 6.30. The standard InChI is InChI=1S/C9H7ClF2O/c1-5-2-6(11)3-7(12)9(5)8(13)4-10/h2-3H,4H2,1H3. The molecule has 0 aromatic heterocycles. The number of hydrogen-bond acceptors (Lipinski definition) is 1. The summed E-state index contributed by atoms with van der Waals surface area (Å²) in [6, 6.07) is 1.77. The van der Waals surface area contributed by atoms with Crippen molar-refractivity contribution >= 4 is 17.4 Å². The lowest BCUT2D eigenvalue weighted by molar-refractivity contribution is 0.101. The fourth-order valence-corrected chi connectivity index (χ4v) is 1.26. The van der Waals surface area contributed by atoms with Crippen LogP contribution in [0.3, 0.4) is 0 Å². The molecular formula is C9H7ClF2O. The number of carbonyl (C=O) groups excluding carboxylic acids is 1. The Kier molecular flexibility index (Phi) is 2.98. The Morgan fingerprint density at radius 1 is 1.46 bits per heavy atom. The monoisotopic (exact) mass is 204 g/mol. The van der Waals surface area contributed by atoms with Crippen LogP contribution in [0.15, 0.2) is 12.1 Å². The van der Waals surface area contributed by atoms with Crippen LogP contribution in [0.5, 0.6) is 0 Å². The zero-order valence-electron chi connectivity index (χ0n) is 6.90. The Morgan fingerprint density at radius 3 is 2.54 bits per heavy atom. The highest BCUT2D eigenvalue weighted by Gasteiger charge is 2.14. The summed E-state index contributed by atoms with van der Waals surface area (Å²) in [5.74, 6) is -2.38. The van der Waals surface area contributed by atoms with Crippen molar-refractivity contribution in [1.29, 1.82) is 0 Å². The average molecular weight is 205 g/mol. The quantitative estimate of drug-likeness (QED) is 0.535. The van der Waals surface area contributed by atoms with Gasteiger partial charge in [0.2, 0.25) is 0 Å². The molecule has 4 heteroatoms.